The second-order valence-corrected chi connectivity index (χ2v) is 9.10. The Balaban J connectivity index is 1.64. The number of pyridine rings is 1. The van der Waals surface area contributed by atoms with E-state index in [-0.39, 0.29) is 5.57 Å². The lowest BCUT2D eigenvalue weighted by Gasteiger charge is -2.30. The van der Waals surface area contributed by atoms with E-state index in [0.29, 0.717) is 55.7 Å². The molecule has 34 heavy (non-hydrogen) atoms. The van der Waals surface area contributed by atoms with Crippen LogP contribution in [0.3, 0.4) is 0 Å². The number of amides is 1. The van der Waals surface area contributed by atoms with Crippen molar-refractivity contribution in [2.24, 2.45) is 5.92 Å². The highest BCUT2D eigenvalue weighted by Gasteiger charge is 2.44. The first-order valence-corrected chi connectivity index (χ1v) is 11.8. The molecule has 1 amide bonds. The van der Waals surface area contributed by atoms with Crippen molar-refractivity contribution < 1.29 is 29.1 Å². The molecular formula is C26H31N3O5. The van der Waals surface area contributed by atoms with Crippen molar-refractivity contribution in [3.8, 4) is 5.75 Å². The summed E-state index contributed by atoms with van der Waals surface area (Å²) in [6, 6.07) is 9.51. The molecule has 0 radical (unpaired) electrons. The van der Waals surface area contributed by atoms with Crippen LogP contribution in [-0.4, -0.2) is 67.6 Å². The minimum atomic E-state index is -0.732. The first-order valence-electron chi connectivity index (χ1n) is 11.8. The maximum absolute atomic E-state index is 13.5. The zero-order chi connectivity index (χ0) is 24.1. The minimum Gasteiger partial charge on any atom is -0.872 e. The molecule has 8 heteroatoms. The topological polar surface area (TPSA) is 96.2 Å². The van der Waals surface area contributed by atoms with Gasteiger partial charge in [-0.2, -0.15) is 0 Å². The quantitative estimate of drug-likeness (QED) is 0.341. The molecule has 2 aliphatic heterocycles. The van der Waals surface area contributed by atoms with Gasteiger partial charge in [-0.15, -0.1) is 0 Å². The van der Waals surface area contributed by atoms with Gasteiger partial charge < -0.3 is 24.4 Å². The van der Waals surface area contributed by atoms with Gasteiger partial charge in [0.15, 0.2) is 0 Å². The molecule has 0 spiro atoms. The zero-order valence-electron chi connectivity index (χ0n) is 19.7. The van der Waals surface area contributed by atoms with Crippen LogP contribution in [0.25, 0.3) is 5.76 Å². The average Bonchev–Trinajstić information content (AvgIpc) is 3.12. The van der Waals surface area contributed by atoms with Crippen LogP contribution in [-0.2, 0) is 14.3 Å². The minimum absolute atomic E-state index is 0.0102. The van der Waals surface area contributed by atoms with Gasteiger partial charge in [0.25, 0.3) is 5.91 Å². The number of hydrogen-bond donors (Lipinski definition) is 1. The van der Waals surface area contributed by atoms with Crippen molar-refractivity contribution in [2.45, 2.75) is 19.9 Å². The molecule has 0 bridgehead atoms. The molecule has 0 saturated carbocycles. The second kappa shape index (κ2) is 10.8. The molecule has 1 aromatic carbocycles. The lowest BCUT2D eigenvalue weighted by atomic mass is 9.96. The molecule has 2 aromatic rings. The molecule has 1 N–H and O–H groups in total. The predicted octanol–water partition coefficient (Wildman–Crippen LogP) is 0.256. The molecular weight excluding hydrogens is 434 g/mol. The number of hydrogen-bond acceptors (Lipinski definition) is 6. The predicted molar refractivity (Wildman–Crippen MR) is 124 cm³/mol. The number of quaternary nitrogens is 1. The second-order valence-electron chi connectivity index (χ2n) is 9.10. The highest BCUT2D eigenvalue weighted by Crippen LogP contribution is 2.38. The van der Waals surface area contributed by atoms with Crippen LogP contribution in [0, 0.1) is 5.92 Å². The number of ether oxygens (including phenoxy) is 2. The molecule has 8 nitrogen and oxygen atoms in total. The maximum Gasteiger partial charge on any atom is 0.295 e. The summed E-state index contributed by atoms with van der Waals surface area (Å²) >= 11 is 0. The van der Waals surface area contributed by atoms with E-state index in [1.807, 2.05) is 0 Å². The van der Waals surface area contributed by atoms with Crippen LogP contribution < -0.4 is 14.7 Å². The van der Waals surface area contributed by atoms with E-state index in [2.05, 4.69) is 18.8 Å². The first-order chi connectivity index (χ1) is 16.5. The Hall–Kier alpha value is -3.23. The zero-order valence-corrected chi connectivity index (χ0v) is 19.7. The summed E-state index contributed by atoms with van der Waals surface area (Å²) in [5.41, 5.74) is 1.04. The molecule has 3 heterocycles. The summed E-state index contributed by atoms with van der Waals surface area (Å²) < 4.78 is 11.1. The Bertz CT molecular complexity index is 1030. The van der Waals surface area contributed by atoms with Crippen molar-refractivity contribution in [3.05, 3.63) is 65.5 Å². The number of carbonyl (C=O) groups excluding carboxylic acids is 2. The average molecular weight is 466 g/mol. The van der Waals surface area contributed by atoms with Gasteiger partial charge in [0.2, 0.25) is 5.78 Å². The van der Waals surface area contributed by atoms with Crippen LogP contribution in [0.2, 0.25) is 0 Å². The standard InChI is InChI=1S/C26H31N3O5/c1-18(2)17-34-21-5-3-20(4-6-21)24(30)22-23(19-7-9-27-10-8-19)29(26(32)25(22)31)12-11-28-13-15-33-16-14-28/h3-10,18,23,30H,11-17H2,1-2H3/b24-22+. The van der Waals surface area contributed by atoms with Gasteiger partial charge in [0.05, 0.1) is 39.0 Å². The first kappa shape index (κ1) is 23.9. The van der Waals surface area contributed by atoms with Crippen molar-refractivity contribution >= 4 is 17.4 Å². The third-order valence-corrected chi connectivity index (χ3v) is 6.16. The highest BCUT2D eigenvalue weighted by atomic mass is 16.5. The number of benzene rings is 1. The number of nitrogens with zero attached hydrogens (tertiary/aromatic N) is 2. The van der Waals surface area contributed by atoms with Crippen molar-refractivity contribution in [1.82, 2.24) is 9.88 Å². The molecule has 0 aliphatic carbocycles. The van der Waals surface area contributed by atoms with E-state index < -0.39 is 23.5 Å². The number of ketones is 1. The number of morpholine rings is 1. The molecule has 180 valence electrons. The van der Waals surface area contributed by atoms with Crippen LogP contribution in [0.15, 0.2) is 54.4 Å². The van der Waals surface area contributed by atoms with E-state index in [4.69, 9.17) is 9.47 Å². The summed E-state index contributed by atoms with van der Waals surface area (Å²) in [6.07, 6.45) is 3.22. The van der Waals surface area contributed by atoms with Gasteiger partial charge >= 0.3 is 0 Å². The fraction of sp³-hybridized carbons (Fsp3) is 0.423. The van der Waals surface area contributed by atoms with Crippen LogP contribution >= 0.6 is 0 Å². The number of rotatable bonds is 8. The number of carbonyl (C=O) groups is 2. The fourth-order valence-corrected chi connectivity index (χ4v) is 4.30. The number of Topliss-reactive ketones (excluding diaryl/α,β-unsaturated/α-hetero) is 1. The van der Waals surface area contributed by atoms with Gasteiger partial charge in [0.1, 0.15) is 18.8 Å². The Labute approximate surface area is 199 Å². The monoisotopic (exact) mass is 465 g/mol. The van der Waals surface area contributed by atoms with Crippen molar-refractivity contribution in [1.29, 1.82) is 0 Å². The summed E-state index contributed by atoms with van der Waals surface area (Å²) in [5, 5.41) is 13.5. The molecule has 4 rings (SSSR count). The van der Waals surface area contributed by atoms with Gasteiger partial charge in [-0.05, 0) is 41.3 Å². The van der Waals surface area contributed by atoms with Crippen molar-refractivity contribution in [2.75, 3.05) is 46.0 Å². The molecule has 2 fully saturated rings. The lowest BCUT2D eigenvalue weighted by molar-refractivity contribution is -0.907. The summed E-state index contributed by atoms with van der Waals surface area (Å²) in [6.45, 7) is 8.84. The van der Waals surface area contributed by atoms with Gasteiger partial charge in [-0.3, -0.25) is 14.6 Å². The maximum atomic E-state index is 13.5. The fourth-order valence-electron chi connectivity index (χ4n) is 4.30. The Morgan fingerprint density at radius 2 is 1.82 bits per heavy atom. The van der Waals surface area contributed by atoms with E-state index in [1.54, 1.807) is 48.8 Å². The SMILES string of the molecule is CC(C)COc1ccc(/C([O-])=C2\C(=O)C(=O)N(CC[NH+]3CCOCC3)C2c2ccncc2)cc1. The van der Waals surface area contributed by atoms with Crippen LogP contribution in [0.1, 0.15) is 31.0 Å². The van der Waals surface area contributed by atoms with Crippen LogP contribution in [0.4, 0.5) is 0 Å². The third-order valence-electron chi connectivity index (χ3n) is 6.16. The lowest BCUT2D eigenvalue weighted by Crippen LogP contribution is -3.14. The molecule has 1 atom stereocenters. The summed E-state index contributed by atoms with van der Waals surface area (Å²) in [5.74, 6) is -0.759. The number of nitrogens with one attached hydrogen (secondary N) is 1. The Kier molecular flexibility index (Phi) is 7.59. The molecule has 2 aliphatic rings. The molecule has 1 aromatic heterocycles. The van der Waals surface area contributed by atoms with E-state index in [1.165, 1.54) is 9.80 Å². The van der Waals surface area contributed by atoms with Gasteiger partial charge in [-0.25, -0.2) is 0 Å². The highest BCUT2D eigenvalue weighted by molar-refractivity contribution is 6.46. The Morgan fingerprint density at radius 1 is 1.15 bits per heavy atom. The third kappa shape index (κ3) is 5.29. The van der Waals surface area contributed by atoms with Crippen molar-refractivity contribution in [3.63, 3.8) is 0 Å². The normalized spacial score (nSPS) is 20.8. The van der Waals surface area contributed by atoms with Gasteiger partial charge in [-0.1, -0.05) is 31.7 Å². The van der Waals surface area contributed by atoms with Gasteiger partial charge in [0, 0.05) is 18.0 Å². The van der Waals surface area contributed by atoms with Crippen LogP contribution in [0.5, 0.6) is 5.75 Å². The van der Waals surface area contributed by atoms with E-state index >= 15 is 0 Å². The largest absolute Gasteiger partial charge is 0.872 e. The van der Waals surface area contributed by atoms with E-state index in [9.17, 15) is 14.7 Å². The van der Waals surface area contributed by atoms with E-state index in [0.717, 1.165) is 13.1 Å². The number of aromatic nitrogens is 1. The number of likely N-dealkylation sites (tertiary alicyclic amines) is 1. The summed E-state index contributed by atoms with van der Waals surface area (Å²) in [4.78, 5) is 33.0. The Morgan fingerprint density at radius 3 is 2.47 bits per heavy atom. The molecule has 2 saturated heterocycles. The smallest absolute Gasteiger partial charge is 0.295 e. The molecule has 1 unspecified atom stereocenters. The summed E-state index contributed by atoms with van der Waals surface area (Å²) in [7, 11) is 0.